The minimum Gasteiger partial charge on any atom is -0.361 e. The highest BCUT2D eigenvalue weighted by Crippen LogP contribution is 2.18. The molecule has 6 nitrogen and oxygen atoms in total. The summed E-state index contributed by atoms with van der Waals surface area (Å²) in [5, 5.41) is 9.03. The second-order valence-corrected chi connectivity index (χ2v) is 5.01. The molecule has 106 valence electrons. The number of rotatable bonds is 7. The minimum atomic E-state index is -0.174. The SMILES string of the molecule is CCNC(=O)CNC(=O)CSCc1c(C)noc1C. The maximum absolute atomic E-state index is 11.5. The van der Waals surface area contributed by atoms with Gasteiger partial charge in [0.2, 0.25) is 11.8 Å². The third-order valence-electron chi connectivity index (χ3n) is 2.48. The number of hydrogen-bond acceptors (Lipinski definition) is 5. The van der Waals surface area contributed by atoms with Crippen molar-refractivity contribution in [1.29, 1.82) is 0 Å². The van der Waals surface area contributed by atoms with E-state index in [4.69, 9.17) is 4.52 Å². The number of amides is 2. The summed E-state index contributed by atoms with van der Waals surface area (Å²) in [6, 6.07) is 0. The molecule has 0 aliphatic carbocycles. The van der Waals surface area contributed by atoms with E-state index in [1.807, 2.05) is 20.8 Å². The zero-order valence-electron chi connectivity index (χ0n) is 11.4. The van der Waals surface area contributed by atoms with E-state index in [0.717, 1.165) is 17.0 Å². The lowest BCUT2D eigenvalue weighted by molar-refractivity contribution is -0.124. The zero-order chi connectivity index (χ0) is 14.3. The molecular weight excluding hydrogens is 266 g/mol. The minimum absolute atomic E-state index is 0.0263. The van der Waals surface area contributed by atoms with Crippen molar-refractivity contribution in [2.24, 2.45) is 0 Å². The van der Waals surface area contributed by atoms with Gasteiger partial charge in [-0.2, -0.15) is 0 Å². The van der Waals surface area contributed by atoms with Crippen LogP contribution in [0.1, 0.15) is 23.9 Å². The molecule has 0 atom stereocenters. The van der Waals surface area contributed by atoms with Crippen LogP contribution in [0.5, 0.6) is 0 Å². The lowest BCUT2D eigenvalue weighted by Crippen LogP contribution is -2.37. The second kappa shape index (κ2) is 7.83. The number of likely N-dealkylation sites (N-methyl/N-ethyl adjacent to an activating group) is 1. The van der Waals surface area contributed by atoms with Gasteiger partial charge in [-0.25, -0.2) is 0 Å². The number of nitrogens with one attached hydrogen (secondary N) is 2. The van der Waals surface area contributed by atoms with Crippen molar-refractivity contribution < 1.29 is 14.1 Å². The van der Waals surface area contributed by atoms with Crippen molar-refractivity contribution in [1.82, 2.24) is 15.8 Å². The average molecular weight is 285 g/mol. The van der Waals surface area contributed by atoms with Crippen LogP contribution in [0.25, 0.3) is 0 Å². The van der Waals surface area contributed by atoms with Crippen LogP contribution >= 0.6 is 11.8 Å². The maximum atomic E-state index is 11.5. The lowest BCUT2D eigenvalue weighted by atomic mass is 10.2. The molecular formula is C12H19N3O3S. The molecule has 7 heteroatoms. The Bertz CT molecular complexity index is 426. The van der Waals surface area contributed by atoms with Crippen LogP contribution < -0.4 is 10.6 Å². The van der Waals surface area contributed by atoms with E-state index < -0.39 is 0 Å². The fourth-order valence-corrected chi connectivity index (χ4v) is 2.45. The molecule has 0 saturated heterocycles. The van der Waals surface area contributed by atoms with Gasteiger partial charge in [-0.1, -0.05) is 5.16 Å². The Morgan fingerprint density at radius 1 is 1.26 bits per heavy atom. The van der Waals surface area contributed by atoms with Crippen LogP contribution in [0.15, 0.2) is 4.52 Å². The molecule has 1 aromatic rings. The Kier molecular flexibility index (Phi) is 6.41. The highest BCUT2D eigenvalue weighted by atomic mass is 32.2. The van der Waals surface area contributed by atoms with Gasteiger partial charge in [0.25, 0.3) is 0 Å². The quantitative estimate of drug-likeness (QED) is 0.773. The molecule has 0 aliphatic heterocycles. The van der Waals surface area contributed by atoms with Crippen molar-refractivity contribution in [3.63, 3.8) is 0 Å². The summed E-state index contributed by atoms with van der Waals surface area (Å²) in [6.07, 6.45) is 0. The summed E-state index contributed by atoms with van der Waals surface area (Å²) in [5.41, 5.74) is 1.88. The van der Waals surface area contributed by atoms with Crippen LogP contribution in [0.4, 0.5) is 0 Å². The fraction of sp³-hybridized carbons (Fsp3) is 0.583. The van der Waals surface area contributed by atoms with Crippen LogP contribution in [0.3, 0.4) is 0 Å². The van der Waals surface area contributed by atoms with E-state index >= 15 is 0 Å². The smallest absolute Gasteiger partial charge is 0.239 e. The number of aromatic nitrogens is 1. The molecule has 1 aromatic heterocycles. The van der Waals surface area contributed by atoms with Gasteiger partial charge in [0.1, 0.15) is 5.76 Å². The third kappa shape index (κ3) is 5.34. The number of carbonyl (C=O) groups is 2. The Morgan fingerprint density at radius 2 is 2.00 bits per heavy atom. The molecule has 0 radical (unpaired) electrons. The van der Waals surface area contributed by atoms with Crippen molar-refractivity contribution in [2.75, 3.05) is 18.8 Å². The maximum Gasteiger partial charge on any atom is 0.239 e. The van der Waals surface area contributed by atoms with Gasteiger partial charge >= 0.3 is 0 Å². The predicted molar refractivity (Wildman–Crippen MR) is 73.8 cm³/mol. The first-order chi connectivity index (χ1) is 9.04. The molecule has 0 aromatic carbocycles. The van der Waals surface area contributed by atoms with Crippen molar-refractivity contribution in [3.8, 4) is 0 Å². The predicted octanol–water partition coefficient (Wildman–Crippen LogP) is 0.777. The van der Waals surface area contributed by atoms with E-state index in [9.17, 15) is 9.59 Å². The largest absolute Gasteiger partial charge is 0.361 e. The summed E-state index contributed by atoms with van der Waals surface area (Å²) in [7, 11) is 0. The van der Waals surface area contributed by atoms with Crippen molar-refractivity contribution >= 4 is 23.6 Å². The Morgan fingerprint density at radius 3 is 2.58 bits per heavy atom. The van der Waals surface area contributed by atoms with Gasteiger partial charge in [-0.15, -0.1) is 11.8 Å². The molecule has 2 N–H and O–H groups in total. The number of carbonyl (C=O) groups excluding carboxylic acids is 2. The Balaban J connectivity index is 2.22. The number of aryl methyl sites for hydroxylation is 2. The van der Waals surface area contributed by atoms with Crippen molar-refractivity contribution in [3.05, 3.63) is 17.0 Å². The van der Waals surface area contributed by atoms with E-state index in [1.54, 1.807) is 0 Å². The molecule has 0 spiro atoms. The molecule has 2 amide bonds. The molecule has 19 heavy (non-hydrogen) atoms. The molecule has 1 rings (SSSR count). The van der Waals surface area contributed by atoms with Gasteiger partial charge in [0.15, 0.2) is 0 Å². The normalized spacial score (nSPS) is 10.3. The van der Waals surface area contributed by atoms with Gasteiger partial charge in [-0.05, 0) is 20.8 Å². The van der Waals surface area contributed by atoms with E-state index in [2.05, 4.69) is 15.8 Å². The van der Waals surface area contributed by atoms with Gasteiger partial charge in [-0.3, -0.25) is 9.59 Å². The van der Waals surface area contributed by atoms with Gasteiger partial charge < -0.3 is 15.2 Å². The Labute approximate surface area is 116 Å². The fourth-order valence-electron chi connectivity index (χ4n) is 1.44. The first-order valence-corrected chi connectivity index (χ1v) is 7.23. The first kappa shape index (κ1) is 15.6. The summed E-state index contributed by atoms with van der Waals surface area (Å²) in [6.45, 7) is 6.15. The molecule has 0 unspecified atom stereocenters. The average Bonchev–Trinajstić information content (AvgIpc) is 2.68. The van der Waals surface area contributed by atoms with E-state index in [1.165, 1.54) is 11.8 Å². The monoisotopic (exact) mass is 285 g/mol. The second-order valence-electron chi connectivity index (χ2n) is 4.03. The van der Waals surface area contributed by atoms with E-state index in [-0.39, 0.29) is 18.4 Å². The first-order valence-electron chi connectivity index (χ1n) is 6.07. The summed E-state index contributed by atoms with van der Waals surface area (Å²) in [5.74, 6) is 1.45. The zero-order valence-corrected chi connectivity index (χ0v) is 12.2. The highest BCUT2D eigenvalue weighted by Gasteiger charge is 2.10. The Hall–Kier alpha value is -1.50. The van der Waals surface area contributed by atoms with Gasteiger partial charge in [0.05, 0.1) is 18.0 Å². The number of nitrogens with zero attached hydrogens (tertiary/aromatic N) is 1. The van der Waals surface area contributed by atoms with Gasteiger partial charge in [0, 0.05) is 17.9 Å². The van der Waals surface area contributed by atoms with E-state index in [0.29, 0.717) is 18.1 Å². The van der Waals surface area contributed by atoms with Crippen LogP contribution in [-0.2, 0) is 15.3 Å². The van der Waals surface area contributed by atoms with Crippen LogP contribution in [-0.4, -0.2) is 35.8 Å². The summed E-state index contributed by atoms with van der Waals surface area (Å²) < 4.78 is 5.04. The van der Waals surface area contributed by atoms with Crippen molar-refractivity contribution in [2.45, 2.75) is 26.5 Å². The topological polar surface area (TPSA) is 84.2 Å². The highest BCUT2D eigenvalue weighted by molar-refractivity contribution is 7.99. The lowest BCUT2D eigenvalue weighted by Gasteiger charge is -2.05. The number of thioether (sulfide) groups is 1. The summed E-state index contributed by atoms with van der Waals surface area (Å²) >= 11 is 1.47. The number of hydrogen-bond donors (Lipinski definition) is 2. The summed E-state index contributed by atoms with van der Waals surface area (Å²) in [4.78, 5) is 22.6. The molecule has 0 bridgehead atoms. The van der Waals surface area contributed by atoms with Crippen LogP contribution in [0.2, 0.25) is 0 Å². The molecule has 1 heterocycles. The standard InChI is InChI=1S/C12H19N3O3S/c1-4-13-11(16)5-14-12(17)7-19-6-10-8(2)15-18-9(10)3/h4-7H2,1-3H3,(H,13,16)(H,14,17). The molecule has 0 fully saturated rings. The molecule has 0 saturated carbocycles. The van der Waals surface area contributed by atoms with Crippen LogP contribution in [0, 0.1) is 13.8 Å². The third-order valence-corrected chi connectivity index (χ3v) is 3.44. The molecule has 0 aliphatic rings.